The Bertz CT molecular complexity index is 749. The SMILES string of the molecule is Cc1cc(=O)nc2sc(Sc3ccccc3)nn12. The van der Waals surface area contributed by atoms with E-state index in [0.29, 0.717) is 4.96 Å². The Morgan fingerprint density at radius 2 is 2.06 bits per heavy atom. The first kappa shape index (κ1) is 11.4. The van der Waals surface area contributed by atoms with Crippen LogP contribution in [0.2, 0.25) is 0 Å². The second-order valence-electron chi connectivity index (χ2n) is 3.71. The highest BCUT2D eigenvalue weighted by molar-refractivity contribution is 8.01. The number of hydrogen-bond acceptors (Lipinski definition) is 5. The van der Waals surface area contributed by atoms with Crippen LogP contribution in [0.5, 0.6) is 0 Å². The van der Waals surface area contributed by atoms with E-state index in [2.05, 4.69) is 10.1 Å². The highest BCUT2D eigenvalue weighted by Crippen LogP contribution is 2.30. The molecule has 0 spiro atoms. The zero-order valence-electron chi connectivity index (χ0n) is 9.53. The number of aromatic nitrogens is 3. The maximum atomic E-state index is 11.3. The first-order valence-electron chi connectivity index (χ1n) is 5.33. The predicted octanol–water partition coefficient (Wildman–Crippen LogP) is 2.61. The number of aryl methyl sites for hydroxylation is 1. The van der Waals surface area contributed by atoms with Gasteiger partial charge in [-0.05, 0) is 19.1 Å². The molecule has 1 aromatic carbocycles. The zero-order chi connectivity index (χ0) is 12.5. The van der Waals surface area contributed by atoms with E-state index < -0.39 is 0 Å². The third-order valence-electron chi connectivity index (χ3n) is 2.36. The second kappa shape index (κ2) is 4.55. The van der Waals surface area contributed by atoms with Gasteiger partial charge in [-0.2, -0.15) is 4.98 Å². The van der Waals surface area contributed by atoms with E-state index in [1.165, 1.54) is 17.4 Å². The quantitative estimate of drug-likeness (QED) is 0.721. The highest BCUT2D eigenvalue weighted by Gasteiger charge is 2.08. The third kappa shape index (κ3) is 2.16. The van der Waals surface area contributed by atoms with E-state index in [4.69, 9.17) is 0 Å². The summed E-state index contributed by atoms with van der Waals surface area (Å²) in [6, 6.07) is 11.5. The van der Waals surface area contributed by atoms with Gasteiger partial charge in [0, 0.05) is 16.7 Å². The van der Waals surface area contributed by atoms with Gasteiger partial charge in [-0.3, -0.25) is 4.79 Å². The zero-order valence-corrected chi connectivity index (χ0v) is 11.2. The van der Waals surface area contributed by atoms with Crippen molar-refractivity contribution in [2.45, 2.75) is 16.2 Å². The van der Waals surface area contributed by atoms with Gasteiger partial charge in [-0.15, -0.1) is 5.10 Å². The van der Waals surface area contributed by atoms with E-state index in [-0.39, 0.29) is 5.56 Å². The lowest BCUT2D eigenvalue weighted by Crippen LogP contribution is -2.08. The first-order chi connectivity index (χ1) is 8.72. The molecule has 18 heavy (non-hydrogen) atoms. The molecule has 3 aromatic rings. The van der Waals surface area contributed by atoms with Crippen LogP contribution in [0.25, 0.3) is 4.96 Å². The molecule has 0 aliphatic rings. The maximum Gasteiger partial charge on any atom is 0.274 e. The molecule has 0 amide bonds. The average molecular weight is 275 g/mol. The monoisotopic (exact) mass is 275 g/mol. The molecule has 0 atom stereocenters. The van der Waals surface area contributed by atoms with Crippen LogP contribution in [0.1, 0.15) is 5.69 Å². The number of fused-ring (bicyclic) bond motifs is 1. The molecule has 0 saturated heterocycles. The van der Waals surface area contributed by atoms with Crippen LogP contribution in [-0.2, 0) is 0 Å². The van der Waals surface area contributed by atoms with Gasteiger partial charge in [-0.25, -0.2) is 4.52 Å². The van der Waals surface area contributed by atoms with Crippen LogP contribution in [-0.4, -0.2) is 14.6 Å². The fourth-order valence-corrected chi connectivity index (χ4v) is 3.54. The van der Waals surface area contributed by atoms with Gasteiger partial charge < -0.3 is 0 Å². The van der Waals surface area contributed by atoms with Crippen molar-refractivity contribution in [1.82, 2.24) is 14.6 Å². The lowest BCUT2D eigenvalue weighted by atomic mass is 10.4. The second-order valence-corrected chi connectivity index (χ2v) is 5.99. The Kier molecular flexibility index (Phi) is 2.89. The summed E-state index contributed by atoms with van der Waals surface area (Å²) in [4.78, 5) is 17.0. The molecule has 0 saturated carbocycles. The molecule has 0 aliphatic heterocycles. The summed E-state index contributed by atoms with van der Waals surface area (Å²) in [5.41, 5.74) is 0.591. The minimum Gasteiger partial charge on any atom is -0.267 e. The van der Waals surface area contributed by atoms with Crippen molar-refractivity contribution < 1.29 is 0 Å². The Labute approximate surface area is 111 Å². The van der Waals surface area contributed by atoms with Gasteiger partial charge in [0.25, 0.3) is 5.56 Å². The van der Waals surface area contributed by atoms with Crippen molar-refractivity contribution in [1.29, 1.82) is 0 Å². The average Bonchev–Trinajstić information content (AvgIpc) is 2.73. The number of rotatable bonds is 2. The molecule has 90 valence electrons. The summed E-state index contributed by atoms with van der Waals surface area (Å²) in [5, 5.41) is 4.45. The summed E-state index contributed by atoms with van der Waals surface area (Å²) < 4.78 is 2.58. The molecule has 0 bridgehead atoms. The number of nitrogens with zero attached hydrogens (tertiary/aromatic N) is 3. The molecule has 2 heterocycles. The smallest absolute Gasteiger partial charge is 0.267 e. The molecule has 2 aromatic heterocycles. The molecular formula is C12H9N3OS2. The van der Waals surface area contributed by atoms with Crippen LogP contribution < -0.4 is 5.56 Å². The number of benzene rings is 1. The van der Waals surface area contributed by atoms with Gasteiger partial charge in [0.05, 0.1) is 0 Å². The Morgan fingerprint density at radius 1 is 1.28 bits per heavy atom. The predicted molar refractivity (Wildman–Crippen MR) is 72.4 cm³/mol. The van der Waals surface area contributed by atoms with Crippen LogP contribution in [0.3, 0.4) is 0 Å². The van der Waals surface area contributed by atoms with Crippen LogP contribution in [0.15, 0.2) is 50.4 Å². The molecular weight excluding hydrogens is 266 g/mol. The third-order valence-corrected chi connectivity index (χ3v) is 4.33. The van der Waals surface area contributed by atoms with Crippen molar-refractivity contribution >= 4 is 28.1 Å². The molecule has 4 nitrogen and oxygen atoms in total. The molecule has 0 radical (unpaired) electrons. The van der Waals surface area contributed by atoms with E-state index in [1.54, 1.807) is 16.3 Å². The fraction of sp³-hybridized carbons (Fsp3) is 0.0833. The van der Waals surface area contributed by atoms with E-state index in [1.807, 2.05) is 37.3 Å². The Morgan fingerprint density at radius 3 is 2.83 bits per heavy atom. The van der Waals surface area contributed by atoms with Crippen molar-refractivity contribution in [3.8, 4) is 0 Å². The summed E-state index contributed by atoms with van der Waals surface area (Å²) in [6.45, 7) is 1.85. The van der Waals surface area contributed by atoms with Crippen molar-refractivity contribution in [3.05, 3.63) is 52.4 Å². The first-order valence-corrected chi connectivity index (χ1v) is 6.96. The lowest BCUT2D eigenvalue weighted by molar-refractivity contribution is 0.849. The van der Waals surface area contributed by atoms with E-state index in [9.17, 15) is 4.79 Å². The van der Waals surface area contributed by atoms with Gasteiger partial charge in [-0.1, -0.05) is 41.3 Å². The minimum atomic E-state index is -0.215. The lowest BCUT2D eigenvalue weighted by Gasteiger charge is -1.95. The van der Waals surface area contributed by atoms with E-state index >= 15 is 0 Å². The molecule has 0 N–H and O–H groups in total. The standard InChI is InChI=1S/C12H9N3OS2/c1-8-7-10(16)13-11-15(8)14-12(18-11)17-9-5-3-2-4-6-9/h2-7H,1H3. The van der Waals surface area contributed by atoms with Crippen LogP contribution in [0.4, 0.5) is 0 Å². The van der Waals surface area contributed by atoms with Crippen LogP contribution in [0, 0.1) is 6.92 Å². The van der Waals surface area contributed by atoms with Crippen molar-refractivity contribution in [2.75, 3.05) is 0 Å². The molecule has 0 aliphatic carbocycles. The molecule has 6 heteroatoms. The Balaban J connectivity index is 2.04. The van der Waals surface area contributed by atoms with Gasteiger partial charge in [0.1, 0.15) is 0 Å². The van der Waals surface area contributed by atoms with Crippen molar-refractivity contribution in [2.24, 2.45) is 0 Å². The van der Waals surface area contributed by atoms with Gasteiger partial charge >= 0.3 is 0 Å². The normalized spacial score (nSPS) is 10.9. The van der Waals surface area contributed by atoms with Gasteiger partial charge in [0.2, 0.25) is 4.96 Å². The fourth-order valence-electron chi connectivity index (χ4n) is 1.56. The topological polar surface area (TPSA) is 47.3 Å². The number of hydrogen-bond donors (Lipinski definition) is 0. The van der Waals surface area contributed by atoms with Gasteiger partial charge in [0.15, 0.2) is 4.34 Å². The largest absolute Gasteiger partial charge is 0.274 e. The maximum absolute atomic E-state index is 11.3. The Hall–Kier alpha value is -1.66. The summed E-state index contributed by atoms with van der Waals surface area (Å²) in [5.74, 6) is 0. The van der Waals surface area contributed by atoms with E-state index in [0.717, 1.165) is 14.9 Å². The summed E-state index contributed by atoms with van der Waals surface area (Å²) >= 11 is 3.00. The minimum absolute atomic E-state index is 0.215. The van der Waals surface area contributed by atoms with Crippen molar-refractivity contribution in [3.63, 3.8) is 0 Å². The highest BCUT2D eigenvalue weighted by atomic mass is 32.2. The molecule has 3 rings (SSSR count). The molecule has 0 unspecified atom stereocenters. The summed E-state index contributed by atoms with van der Waals surface area (Å²) in [7, 11) is 0. The summed E-state index contributed by atoms with van der Waals surface area (Å²) in [6.07, 6.45) is 0. The molecule has 0 fully saturated rings. The van der Waals surface area contributed by atoms with Crippen LogP contribution >= 0.6 is 23.1 Å².